The van der Waals surface area contributed by atoms with Crippen LogP contribution in [0.2, 0.25) is 0 Å². The summed E-state index contributed by atoms with van der Waals surface area (Å²) in [6.07, 6.45) is 0. The molecule has 0 nitrogen and oxygen atoms in total. The summed E-state index contributed by atoms with van der Waals surface area (Å²) < 4.78 is 99.4. The van der Waals surface area contributed by atoms with Crippen LogP contribution in [0.3, 0.4) is 0 Å². The van der Waals surface area contributed by atoms with Gasteiger partial charge in [-0.3, -0.25) is 0 Å². The van der Waals surface area contributed by atoms with Crippen molar-refractivity contribution in [3.05, 3.63) is 157 Å². The third kappa shape index (κ3) is 3.90. The summed E-state index contributed by atoms with van der Waals surface area (Å²) >= 11 is 1.76. The average Bonchev–Trinajstić information content (AvgIpc) is 3.58. The Kier molecular flexibility index (Phi) is 3.56. The summed E-state index contributed by atoms with van der Waals surface area (Å²) in [6, 6.07) is 24.7. The number of fused-ring (bicyclic) bond motifs is 9. The van der Waals surface area contributed by atoms with Crippen molar-refractivity contribution in [1.82, 2.24) is 0 Å². The predicted molar refractivity (Wildman–Crippen MR) is 188 cm³/mol. The maximum atomic E-state index is 9.54. The van der Waals surface area contributed by atoms with E-state index in [0.717, 1.165) is 22.3 Å². The molecule has 0 N–H and O–H groups in total. The van der Waals surface area contributed by atoms with E-state index in [1.165, 1.54) is 20.2 Å². The van der Waals surface area contributed by atoms with Gasteiger partial charge in [-0.05, 0) is 83.9 Å². The van der Waals surface area contributed by atoms with E-state index in [0.29, 0.717) is 5.56 Å². The Bertz CT molecular complexity index is 3070. The SMILES string of the molecule is [2H]c1c([2H])c([2H])c2c(c1[2H])c1c([2H])c([2H])c([2H])c([2H])c1c1c([2H])c(-c3cccc(-c4ccc(-c5cccc6c5sc5ccccc56)cc4)c3)c([2H])c([2H])c21. The predicted octanol–water partition coefficient (Wildman–Crippen LogP) is 12.5. The highest BCUT2D eigenvalue weighted by Crippen LogP contribution is 2.41. The van der Waals surface area contributed by atoms with Crippen LogP contribution >= 0.6 is 11.3 Å². The first-order chi connectivity index (χ1) is 25.9. The Morgan fingerprint density at radius 3 is 1.72 bits per heavy atom. The van der Waals surface area contributed by atoms with Crippen LogP contribution in [-0.2, 0) is 0 Å². The zero-order valence-electron chi connectivity index (χ0n) is 33.6. The molecular formula is C42H26S. The standard InChI is InChI=1S/C42H26S/c1-2-13-35-33(11-1)34-12-3-4-14-36(34)40-26-31(23-24-37(35)40)30-10-7-9-29(25-30)27-19-21-28(22-20-27)32-16-8-17-39-38-15-5-6-18-41(38)43-42(32)39/h1-26H/i1D,2D,3D,4D,11D,12D,13D,14D,23D,24D,26D. The molecule has 0 saturated heterocycles. The molecule has 9 rings (SSSR count). The van der Waals surface area contributed by atoms with Crippen LogP contribution in [-0.4, -0.2) is 0 Å². The molecule has 0 aliphatic carbocycles. The second-order valence-electron chi connectivity index (χ2n) is 10.4. The van der Waals surface area contributed by atoms with Crippen LogP contribution in [0, 0.1) is 0 Å². The van der Waals surface area contributed by atoms with Crippen molar-refractivity contribution >= 4 is 63.8 Å². The van der Waals surface area contributed by atoms with Gasteiger partial charge in [0.25, 0.3) is 0 Å². The van der Waals surface area contributed by atoms with Crippen LogP contribution < -0.4 is 0 Å². The van der Waals surface area contributed by atoms with Gasteiger partial charge in [0.15, 0.2) is 0 Å². The van der Waals surface area contributed by atoms with Gasteiger partial charge in [0, 0.05) is 20.2 Å². The molecule has 1 heterocycles. The van der Waals surface area contributed by atoms with Gasteiger partial charge in [0.2, 0.25) is 0 Å². The van der Waals surface area contributed by atoms with E-state index in [4.69, 9.17) is 11.0 Å². The topological polar surface area (TPSA) is 0 Å². The van der Waals surface area contributed by atoms with Crippen LogP contribution in [0.1, 0.15) is 15.1 Å². The van der Waals surface area contributed by atoms with Gasteiger partial charge in [-0.2, -0.15) is 0 Å². The Balaban J connectivity index is 1.26. The minimum atomic E-state index is -0.595. The van der Waals surface area contributed by atoms with Gasteiger partial charge in [-0.1, -0.05) is 139 Å². The second-order valence-corrected chi connectivity index (χ2v) is 11.5. The second kappa shape index (κ2) is 9.66. The number of hydrogen-bond donors (Lipinski definition) is 0. The lowest BCUT2D eigenvalue weighted by Gasteiger charge is -2.13. The van der Waals surface area contributed by atoms with Crippen LogP contribution in [0.4, 0.5) is 0 Å². The van der Waals surface area contributed by atoms with E-state index in [2.05, 4.69) is 48.5 Å². The first-order valence-corrected chi connectivity index (χ1v) is 14.7. The van der Waals surface area contributed by atoms with Crippen molar-refractivity contribution in [2.24, 2.45) is 0 Å². The minimum Gasteiger partial charge on any atom is -0.135 e. The quantitative estimate of drug-likeness (QED) is 0.184. The van der Waals surface area contributed by atoms with Crippen molar-refractivity contribution in [1.29, 1.82) is 0 Å². The maximum Gasteiger partial charge on any atom is 0.0636 e. The molecule has 0 radical (unpaired) electrons. The highest BCUT2D eigenvalue weighted by molar-refractivity contribution is 7.26. The molecule has 0 amide bonds. The summed E-state index contributed by atoms with van der Waals surface area (Å²) in [5.41, 5.74) is 4.38. The fourth-order valence-electron chi connectivity index (χ4n) is 5.97. The monoisotopic (exact) mass is 573 g/mol. The highest BCUT2D eigenvalue weighted by atomic mass is 32.1. The van der Waals surface area contributed by atoms with Gasteiger partial charge < -0.3 is 0 Å². The zero-order chi connectivity index (χ0) is 37.9. The van der Waals surface area contributed by atoms with Crippen molar-refractivity contribution < 1.29 is 15.1 Å². The first-order valence-electron chi connectivity index (χ1n) is 19.4. The summed E-state index contributed by atoms with van der Waals surface area (Å²) in [5, 5.41) is 1.61. The zero-order valence-corrected chi connectivity index (χ0v) is 23.4. The lowest BCUT2D eigenvalue weighted by Crippen LogP contribution is -1.86. The molecule has 9 aromatic rings. The summed E-state index contributed by atoms with van der Waals surface area (Å²) in [4.78, 5) is 0. The van der Waals surface area contributed by atoms with E-state index >= 15 is 0 Å². The minimum absolute atomic E-state index is 0.0660. The van der Waals surface area contributed by atoms with E-state index < -0.39 is 54.4 Å². The lowest BCUT2D eigenvalue weighted by molar-refractivity contribution is 1.59. The fourth-order valence-corrected chi connectivity index (χ4v) is 7.21. The summed E-state index contributed by atoms with van der Waals surface area (Å²) in [6.45, 7) is 0. The highest BCUT2D eigenvalue weighted by Gasteiger charge is 2.12. The van der Waals surface area contributed by atoms with Crippen LogP contribution in [0.5, 0.6) is 0 Å². The molecule has 0 unspecified atom stereocenters. The van der Waals surface area contributed by atoms with E-state index in [1.54, 1.807) is 23.5 Å². The molecule has 0 saturated carbocycles. The van der Waals surface area contributed by atoms with Gasteiger partial charge in [0.1, 0.15) is 0 Å². The molecule has 0 aliphatic rings. The van der Waals surface area contributed by atoms with Gasteiger partial charge in [-0.25, -0.2) is 0 Å². The third-order valence-corrected chi connectivity index (χ3v) is 9.24. The molecule has 8 aromatic carbocycles. The molecule has 0 spiro atoms. The van der Waals surface area contributed by atoms with Gasteiger partial charge >= 0.3 is 0 Å². The largest absolute Gasteiger partial charge is 0.135 e. The third-order valence-electron chi connectivity index (χ3n) is 8.02. The van der Waals surface area contributed by atoms with E-state index in [1.807, 2.05) is 30.3 Å². The smallest absolute Gasteiger partial charge is 0.0636 e. The maximum absolute atomic E-state index is 9.54. The van der Waals surface area contributed by atoms with Crippen molar-refractivity contribution in [2.45, 2.75) is 0 Å². The molecule has 200 valence electrons. The first kappa shape index (κ1) is 15.8. The number of benzene rings is 8. The number of hydrogen-bond acceptors (Lipinski definition) is 1. The Morgan fingerprint density at radius 2 is 0.977 bits per heavy atom. The Morgan fingerprint density at radius 1 is 0.395 bits per heavy atom. The normalized spacial score (nSPS) is 15.3. The number of rotatable bonds is 3. The molecule has 43 heavy (non-hydrogen) atoms. The summed E-state index contributed by atoms with van der Waals surface area (Å²) in [5.74, 6) is 0. The van der Waals surface area contributed by atoms with E-state index in [9.17, 15) is 4.11 Å². The van der Waals surface area contributed by atoms with Crippen LogP contribution in [0.25, 0.3) is 85.9 Å². The Hall–Kier alpha value is -5.24. The fraction of sp³-hybridized carbons (Fsp3) is 0. The van der Waals surface area contributed by atoms with Gasteiger partial charge in [0.05, 0.1) is 15.1 Å². The van der Waals surface area contributed by atoms with E-state index in [-0.39, 0.29) is 50.0 Å². The molecule has 0 aliphatic heterocycles. The molecule has 0 bridgehead atoms. The molecule has 1 aromatic heterocycles. The molecule has 1 heteroatoms. The van der Waals surface area contributed by atoms with Gasteiger partial charge in [-0.15, -0.1) is 11.3 Å². The molecule has 0 fully saturated rings. The summed E-state index contributed by atoms with van der Waals surface area (Å²) in [7, 11) is 0. The van der Waals surface area contributed by atoms with Crippen molar-refractivity contribution in [3.63, 3.8) is 0 Å². The molecular weight excluding hydrogens is 537 g/mol. The average molecular weight is 574 g/mol. The Labute approximate surface area is 269 Å². The number of thiophene rings is 1. The van der Waals surface area contributed by atoms with Crippen molar-refractivity contribution in [3.8, 4) is 33.4 Å². The van der Waals surface area contributed by atoms with Crippen molar-refractivity contribution in [2.75, 3.05) is 0 Å². The van der Waals surface area contributed by atoms with Crippen LogP contribution in [0.15, 0.2) is 157 Å². The lowest BCUT2D eigenvalue weighted by atomic mass is 9.91. The molecule has 0 atom stereocenters.